The fourth-order valence-electron chi connectivity index (χ4n) is 2.54. The molecule has 0 unspecified atom stereocenters. The predicted molar refractivity (Wildman–Crippen MR) is 102 cm³/mol. The first kappa shape index (κ1) is 17.8. The van der Waals surface area contributed by atoms with Crippen molar-refractivity contribution in [2.45, 2.75) is 6.92 Å². The van der Waals surface area contributed by atoms with Gasteiger partial charge in [0.25, 0.3) is 11.8 Å². The second-order valence-electron chi connectivity index (χ2n) is 5.71. The van der Waals surface area contributed by atoms with Gasteiger partial charge in [0.1, 0.15) is 5.82 Å². The lowest BCUT2D eigenvalue weighted by molar-refractivity contribution is 0.0962. The highest BCUT2D eigenvalue weighted by molar-refractivity contribution is 7.17. The average molecular weight is 368 g/mol. The molecule has 0 aliphatic carbocycles. The van der Waals surface area contributed by atoms with Gasteiger partial charge in [0.05, 0.1) is 4.88 Å². The Bertz CT molecular complexity index is 981. The summed E-state index contributed by atoms with van der Waals surface area (Å²) >= 11 is 1.23. The van der Waals surface area contributed by atoms with Crippen LogP contribution in [0.25, 0.3) is 10.4 Å². The van der Waals surface area contributed by atoms with Crippen LogP contribution in [0.3, 0.4) is 0 Å². The Morgan fingerprint density at radius 3 is 2.46 bits per heavy atom. The molecule has 26 heavy (non-hydrogen) atoms. The number of hydrogen-bond donors (Lipinski definition) is 2. The molecular formula is C20H17FN2O2S. The highest BCUT2D eigenvalue weighted by Gasteiger charge is 2.14. The van der Waals surface area contributed by atoms with Crippen LogP contribution in [0.4, 0.5) is 10.1 Å². The molecule has 1 heterocycles. The molecule has 0 radical (unpaired) electrons. The molecule has 3 rings (SSSR count). The molecule has 2 N–H and O–H groups in total. The molecule has 3 aromatic rings. The third-order valence-corrected chi connectivity index (χ3v) is 5.05. The van der Waals surface area contributed by atoms with Crippen molar-refractivity contribution in [2.24, 2.45) is 0 Å². The molecule has 0 aliphatic rings. The van der Waals surface area contributed by atoms with E-state index in [0.717, 1.165) is 5.56 Å². The smallest absolute Gasteiger partial charge is 0.265 e. The molecule has 0 atom stereocenters. The molecule has 132 valence electrons. The second kappa shape index (κ2) is 7.49. The minimum Gasteiger partial charge on any atom is -0.355 e. The Morgan fingerprint density at radius 1 is 1.00 bits per heavy atom. The molecule has 2 amide bonds. The van der Waals surface area contributed by atoms with Crippen molar-refractivity contribution in [3.05, 3.63) is 76.4 Å². The van der Waals surface area contributed by atoms with E-state index in [0.29, 0.717) is 26.6 Å². The van der Waals surface area contributed by atoms with Gasteiger partial charge >= 0.3 is 0 Å². The standard InChI is InChI=1S/C20H17FN2O2S/c1-12-11-13(19(24)22-2)7-8-16(12)23-20(25)18-10-9-17(26-18)14-5-3-4-6-15(14)21/h3-11H,1-2H3,(H,22,24)(H,23,25). The van der Waals surface area contributed by atoms with Crippen LogP contribution in [0.2, 0.25) is 0 Å². The van der Waals surface area contributed by atoms with Gasteiger partial charge in [-0.25, -0.2) is 4.39 Å². The summed E-state index contributed by atoms with van der Waals surface area (Å²) in [5, 5.41) is 5.40. The highest BCUT2D eigenvalue weighted by atomic mass is 32.1. The van der Waals surface area contributed by atoms with Crippen LogP contribution < -0.4 is 10.6 Å². The maximum absolute atomic E-state index is 13.9. The average Bonchev–Trinajstić information content (AvgIpc) is 3.13. The van der Waals surface area contributed by atoms with E-state index in [1.54, 1.807) is 55.6 Å². The lowest BCUT2D eigenvalue weighted by atomic mass is 10.1. The zero-order valence-electron chi connectivity index (χ0n) is 14.3. The SMILES string of the molecule is CNC(=O)c1ccc(NC(=O)c2ccc(-c3ccccc3F)s2)c(C)c1. The number of amides is 2. The summed E-state index contributed by atoms with van der Waals surface area (Å²) in [6.07, 6.45) is 0. The van der Waals surface area contributed by atoms with Crippen molar-refractivity contribution in [3.63, 3.8) is 0 Å². The molecule has 0 saturated carbocycles. The lowest BCUT2D eigenvalue weighted by Crippen LogP contribution is -2.18. The number of halogens is 1. The topological polar surface area (TPSA) is 58.2 Å². The van der Waals surface area contributed by atoms with Crippen LogP contribution in [0, 0.1) is 12.7 Å². The predicted octanol–water partition coefficient (Wildman–Crippen LogP) is 4.47. The van der Waals surface area contributed by atoms with Crippen LogP contribution >= 0.6 is 11.3 Å². The summed E-state index contributed by atoms with van der Waals surface area (Å²) in [5.41, 5.74) is 2.41. The number of thiophene rings is 1. The van der Waals surface area contributed by atoms with Crippen molar-refractivity contribution in [1.29, 1.82) is 0 Å². The maximum Gasteiger partial charge on any atom is 0.265 e. The molecular weight excluding hydrogens is 351 g/mol. The van der Waals surface area contributed by atoms with Crippen LogP contribution in [-0.4, -0.2) is 18.9 Å². The van der Waals surface area contributed by atoms with Crippen molar-refractivity contribution < 1.29 is 14.0 Å². The van der Waals surface area contributed by atoms with Crippen LogP contribution in [0.1, 0.15) is 25.6 Å². The number of benzene rings is 2. The Morgan fingerprint density at radius 2 is 1.77 bits per heavy atom. The first-order chi connectivity index (χ1) is 12.5. The summed E-state index contributed by atoms with van der Waals surface area (Å²) in [6.45, 7) is 1.82. The normalized spacial score (nSPS) is 10.4. The largest absolute Gasteiger partial charge is 0.355 e. The molecule has 0 fully saturated rings. The highest BCUT2D eigenvalue weighted by Crippen LogP contribution is 2.30. The summed E-state index contributed by atoms with van der Waals surface area (Å²) in [4.78, 5) is 25.3. The van der Waals surface area contributed by atoms with Crippen molar-refractivity contribution in [1.82, 2.24) is 5.32 Å². The minimum absolute atomic E-state index is 0.182. The maximum atomic E-state index is 13.9. The van der Waals surface area contributed by atoms with E-state index < -0.39 is 0 Å². The Hall–Kier alpha value is -2.99. The molecule has 0 spiro atoms. The zero-order chi connectivity index (χ0) is 18.7. The molecule has 0 aliphatic heterocycles. The number of anilines is 1. The molecule has 2 aromatic carbocycles. The number of aryl methyl sites for hydroxylation is 1. The van der Waals surface area contributed by atoms with Gasteiger partial charge in [0.2, 0.25) is 0 Å². The number of hydrogen-bond acceptors (Lipinski definition) is 3. The quantitative estimate of drug-likeness (QED) is 0.714. The van der Waals surface area contributed by atoms with Crippen LogP contribution in [-0.2, 0) is 0 Å². The Kier molecular flexibility index (Phi) is 5.14. The van der Waals surface area contributed by atoms with Gasteiger partial charge in [-0.3, -0.25) is 9.59 Å². The van der Waals surface area contributed by atoms with E-state index in [1.165, 1.54) is 17.4 Å². The molecule has 6 heteroatoms. The van der Waals surface area contributed by atoms with Gasteiger partial charge < -0.3 is 10.6 Å². The van der Waals surface area contributed by atoms with Crippen molar-refractivity contribution >= 4 is 28.8 Å². The van der Waals surface area contributed by atoms with Crippen molar-refractivity contribution in [3.8, 4) is 10.4 Å². The van der Waals surface area contributed by atoms with Gasteiger partial charge in [-0.1, -0.05) is 18.2 Å². The van der Waals surface area contributed by atoms with E-state index in [4.69, 9.17) is 0 Å². The van der Waals surface area contributed by atoms with E-state index in [9.17, 15) is 14.0 Å². The van der Waals surface area contributed by atoms with Crippen LogP contribution in [0.5, 0.6) is 0 Å². The summed E-state index contributed by atoms with van der Waals surface area (Å²) in [7, 11) is 1.57. The van der Waals surface area contributed by atoms with E-state index in [-0.39, 0.29) is 17.6 Å². The van der Waals surface area contributed by atoms with Gasteiger partial charge in [0.15, 0.2) is 0 Å². The van der Waals surface area contributed by atoms with Crippen LogP contribution in [0.15, 0.2) is 54.6 Å². The molecule has 0 bridgehead atoms. The second-order valence-corrected chi connectivity index (χ2v) is 6.79. The third kappa shape index (κ3) is 3.65. The van der Waals surface area contributed by atoms with Gasteiger partial charge in [-0.2, -0.15) is 0 Å². The van der Waals surface area contributed by atoms with Gasteiger partial charge in [-0.05, 0) is 48.9 Å². The molecule has 4 nitrogen and oxygen atoms in total. The first-order valence-corrected chi connectivity index (χ1v) is 8.80. The monoisotopic (exact) mass is 368 g/mol. The van der Waals surface area contributed by atoms with E-state index in [1.807, 2.05) is 6.92 Å². The van der Waals surface area contributed by atoms with Crippen molar-refractivity contribution in [2.75, 3.05) is 12.4 Å². The van der Waals surface area contributed by atoms with E-state index in [2.05, 4.69) is 10.6 Å². The van der Waals surface area contributed by atoms with Gasteiger partial charge in [-0.15, -0.1) is 11.3 Å². The number of rotatable bonds is 4. The summed E-state index contributed by atoms with van der Waals surface area (Å²) in [5.74, 6) is -0.769. The Labute approximate surface area is 154 Å². The van der Waals surface area contributed by atoms with Gasteiger partial charge in [0, 0.05) is 28.7 Å². The molecule has 0 saturated heterocycles. The fourth-order valence-corrected chi connectivity index (χ4v) is 3.47. The number of nitrogens with one attached hydrogen (secondary N) is 2. The first-order valence-electron chi connectivity index (χ1n) is 7.98. The summed E-state index contributed by atoms with van der Waals surface area (Å²) < 4.78 is 13.9. The summed E-state index contributed by atoms with van der Waals surface area (Å²) in [6, 6.07) is 14.9. The van der Waals surface area contributed by atoms with E-state index >= 15 is 0 Å². The number of carbonyl (C=O) groups excluding carboxylic acids is 2. The number of carbonyl (C=O) groups is 2. The Balaban J connectivity index is 1.79. The fraction of sp³-hybridized carbons (Fsp3) is 0.100. The molecule has 1 aromatic heterocycles. The minimum atomic E-state index is -0.318. The lowest BCUT2D eigenvalue weighted by Gasteiger charge is -2.09. The third-order valence-electron chi connectivity index (χ3n) is 3.93. The zero-order valence-corrected chi connectivity index (χ0v) is 15.1.